The minimum Gasteiger partial charge on any atom is -0.288 e. The third-order valence-electron chi connectivity index (χ3n) is 3.53. The number of halogens is 5. The Labute approximate surface area is 113 Å². The topological polar surface area (TPSA) is 3.24 Å². The number of benzene rings is 1. The summed E-state index contributed by atoms with van der Waals surface area (Å²) in [5, 5.41) is 0. The highest BCUT2D eigenvalue weighted by Gasteiger charge is 2.40. The molecule has 1 aliphatic heterocycles. The molecule has 1 fully saturated rings. The molecule has 1 unspecified atom stereocenters. The number of allylic oxidation sites excluding steroid dienone is 1. The maximum atomic E-state index is 13.7. The van der Waals surface area contributed by atoms with Crippen LogP contribution in [0.2, 0.25) is 0 Å². The summed E-state index contributed by atoms with van der Waals surface area (Å²) < 4.78 is 65.8. The first-order valence-corrected chi connectivity index (χ1v) is 6.26. The van der Waals surface area contributed by atoms with E-state index in [0.29, 0.717) is 12.8 Å². The van der Waals surface area contributed by atoms with Crippen molar-refractivity contribution in [3.05, 3.63) is 47.7 Å². The molecule has 0 spiro atoms. The van der Waals surface area contributed by atoms with Crippen LogP contribution in [0, 0.1) is 11.6 Å². The van der Waals surface area contributed by atoms with Crippen LogP contribution in [-0.2, 0) is 0 Å². The SMILES string of the molecule is C=C1CCCC(c2cccc(F)c2F)CN1C(F)(F)F. The van der Waals surface area contributed by atoms with Crippen LogP contribution in [0.5, 0.6) is 0 Å². The van der Waals surface area contributed by atoms with Crippen molar-refractivity contribution in [2.24, 2.45) is 0 Å². The lowest BCUT2D eigenvalue weighted by molar-refractivity contribution is -0.233. The largest absolute Gasteiger partial charge is 0.484 e. The molecule has 0 saturated carbocycles. The summed E-state index contributed by atoms with van der Waals surface area (Å²) >= 11 is 0. The van der Waals surface area contributed by atoms with E-state index < -0.39 is 30.4 Å². The van der Waals surface area contributed by atoms with Gasteiger partial charge in [-0.3, -0.25) is 4.90 Å². The van der Waals surface area contributed by atoms with Gasteiger partial charge in [0, 0.05) is 18.2 Å². The maximum Gasteiger partial charge on any atom is 0.484 e. The number of likely N-dealkylation sites (tertiary alicyclic amines) is 1. The smallest absolute Gasteiger partial charge is 0.288 e. The summed E-state index contributed by atoms with van der Waals surface area (Å²) in [6.07, 6.45) is -3.52. The van der Waals surface area contributed by atoms with Crippen LogP contribution in [0.3, 0.4) is 0 Å². The van der Waals surface area contributed by atoms with Crippen molar-refractivity contribution in [2.75, 3.05) is 6.54 Å². The van der Waals surface area contributed by atoms with Crippen molar-refractivity contribution < 1.29 is 22.0 Å². The lowest BCUT2D eigenvalue weighted by atomic mass is 9.93. The Hall–Kier alpha value is -1.59. The van der Waals surface area contributed by atoms with E-state index in [2.05, 4.69) is 6.58 Å². The summed E-state index contributed by atoms with van der Waals surface area (Å²) in [5.41, 5.74) is -0.0363. The Kier molecular flexibility index (Phi) is 4.01. The summed E-state index contributed by atoms with van der Waals surface area (Å²) in [4.78, 5) is 0.231. The quantitative estimate of drug-likeness (QED) is 0.541. The average Bonchev–Trinajstić information content (AvgIpc) is 2.54. The van der Waals surface area contributed by atoms with Gasteiger partial charge in [-0.05, 0) is 30.9 Å². The molecule has 1 atom stereocenters. The second-order valence-corrected chi connectivity index (χ2v) is 4.88. The molecule has 6 heteroatoms. The molecule has 1 aromatic carbocycles. The Bertz CT molecular complexity index is 509. The van der Waals surface area contributed by atoms with E-state index in [-0.39, 0.29) is 22.6 Å². The standard InChI is InChI=1S/C14H14F5N/c1-9-4-2-5-10(8-20(9)14(17,18)19)11-6-3-7-12(15)13(11)16/h3,6-7,10H,1-2,4-5,8H2. The molecule has 110 valence electrons. The number of alkyl halides is 3. The van der Waals surface area contributed by atoms with E-state index in [1.165, 1.54) is 12.1 Å². The van der Waals surface area contributed by atoms with E-state index in [9.17, 15) is 22.0 Å². The Morgan fingerprint density at radius 3 is 2.55 bits per heavy atom. The zero-order valence-corrected chi connectivity index (χ0v) is 10.7. The normalized spacial score (nSPS) is 20.9. The Morgan fingerprint density at radius 1 is 1.20 bits per heavy atom. The molecule has 0 aromatic heterocycles. The fourth-order valence-electron chi connectivity index (χ4n) is 2.50. The Morgan fingerprint density at radius 2 is 1.90 bits per heavy atom. The van der Waals surface area contributed by atoms with Crippen molar-refractivity contribution in [1.82, 2.24) is 4.90 Å². The molecule has 0 bridgehead atoms. The molecule has 2 rings (SSSR count). The molecule has 1 saturated heterocycles. The summed E-state index contributed by atoms with van der Waals surface area (Å²) in [7, 11) is 0. The van der Waals surface area contributed by atoms with Crippen LogP contribution in [-0.4, -0.2) is 17.7 Å². The van der Waals surface area contributed by atoms with E-state index in [1.54, 1.807) is 0 Å². The Balaban J connectivity index is 2.32. The molecule has 0 radical (unpaired) electrons. The third kappa shape index (κ3) is 2.94. The first-order chi connectivity index (χ1) is 9.30. The predicted octanol–water partition coefficient (Wildman–Crippen LogP) is 4.57. The minimum atomic E-state index is -4.55. The van der Waals surface area contributed by atoms with Crippen LogP contribution in [0.15, 0.2) is 30.5 Å². The molecule has 1 aliphatic rings. The van der Waals surface area contributed by atoms with Gasteiger partial charge in [0.2, 0.25) is 0 Å². The fourth-order valence-corrected chi connectivity index (χ4v) is 2.50. The lowest BCUT2D eigenvalue weighted by Crippen LogP contribution is -2.38. The lowest BCUT2D eigenvalue weighted by Gasteiger charge is -2.29. The molecule has 0 aliphatic carbocycles. The van der Waals surface area contributed by atoms with Gasteiger partial charge in [-0.15, -0.1) is 0 Å². The van der Waals surface area contributed by atoms with Gasteiger partial charge in [0.05, 0.1) is 0 Å². The van der Waals surface area contributed by atoms with Crippen molar-refractivity contribution in [2.45, 2.75) is 31.5 Å². The third-order valence-corrected chi connectivity index (χ3v) is 3.53. The van der Waals surface area contributed by atoms with Crippen LogP contribution in [0.4, 0.5) is 22.0 Å². The van der Waals surface area contributed by atoms with E-state index >= 15 is 0 Å². The number of hydrogen-bond acceptors (Lipinski definition) is 1. The van der Waals surface area contributed by atoms with Crippen LogP contribution in [0.25, 0.3) is 0 Å². The monoisotopic (exact) mass is 291 g/mol. The fraction of sp³-hybridized carbons (Fsp3) is 0.429. The van der Waals surface area contributed by atoms with Crippen molar-refractivity contribution in [3.63, 3.8) is 0 Å². The van der Waals surface area contributed by atoms with Gasteiger partial charge in [-0.2, -0.15) is 13.2 Å². The zero-order valence-electron chi connectivity index (χ0n) is 10.7. The van der Waals surface area contributed by atoms with E-state index in [0.717, 1.165) is 6.07 Å². The van der Waals surface area contributed by atoms with Crippen molar-refractivity contribution in [3.8, 4) is 0 Å². The van der Waals surface area contributed by atoms with Crippen molar-refractivity contribution in [1.29, 1.82) is 0 Å². The number of hydrogen-bond donors (Lipinski definition) is 0. The van der Waals surface area contributed by atoms with Gasteiger partial charge in [0.1, 0.15) is 0 Å². The molecule has 1 heterocycles. The summed E-state index contributed by atoms with van der Waals surface area (Å²) in [6, 6.07) is 3.60. The molecule has 1 aromatic rings. The first-order valence-electron chi connectivity index (χ1n) is 6.26. The molecular weight excluding hydrogens is 277 g/mol. The number of nitrogens with zero attached hydrogens (tertiary/aromatic N) is 1. The van der Waals surface area contributed by atoms with Gasteiger partial charge in [-0.1, -0.05) is 18.7 Å². The summed E-state index contributed by atoms with van der Waals surface area (Å²) in [5.74, 6) is -2.80. The van der Waals surface area contributed by atoms with Gasteiger partial charge in [0.25, 0.3) is 0 Å². The predicted molar refractivity (Wildman–Crippen MR) is 64.9 cm³/mol. The zero-order chi connectivity index (χ0) is 14.9. The first kappa shape index (κ1) is 14.8. The molecule has 20 heavy (non-hydrogen) atoms. The van der Waals surface area contributed by atoms with Gasteiger partial charge in [0.15, 0.2) is 11.6 Å². The highest BCUT2D eigenvalue weighted by molar-refractivity contribution is 5.24. The van der Waals surface area contributed by atoms with E-state index in [4.69, 9.17) is 0 Å². The highest BCUT2D eigenvalue weighted by atomic mass is 19.4. The second-order valence-electron chi connectivity index (χ2n) is 4.88. The number of rotatable bonds is 1. The second kappa shape index (κ2) is 5.42. The van der Waals surface area contributed by atoms with Gasteiger partial charge in [-0.25, -0.2) is 8.78 Å². The van der Waals surface area contributed by atoms with Gasteiger partial charge < -0.3 is 0 Å². The summed E-state index contributed by atoms with van der Waals surface area (Å²) in [6.45, 7) is 3.00. The van der Waals surface area contributed by atoms with Crippen LogP contribution in [0.1, 0.15) is 30.7 Å². The molecule has 1 nitrogen and oxygen atoms in total. The molecule has 0 N–H and O–H groups in total. The van der Waals surface area contributed by atoms with E-state index in [1.807, 2.05) is 0 Å². The van der Waals surface area contributed by atoms with Crippen LogP contribution >= 0.6 is 0 Å². The average molecular weight is 291 g/mol. The van der Waals surface area contributed by atoms with Crippen LogP contribution < -0.4 is 0 Å². The minimum absolute atomic E-state index is 0.00560. The highest BCUT2D eigenvalue weighted by Crippen LogP contribution is 2.37. The van der Waals surface area contributed by atoms with Gasteiger partial charge >= 0.3 is 6.30 Å². The molecule has 0 amide bonds. The maximum absolute atomic E-state index is 13.7. The molecular formula is C14H14F5N. The van der Waals surface area contributed by atoms with Crippen molar-refractivity contribution >= 4 is 0 Å².